The topological polar surface area (TPSA) is 58.6 Å². The molecule has 21 heavy (non-hydrogen) atoms. The van der Waals surface area contributed by atoms with Gasteiger partial charge in [0.25, 0.3) is 0 Å². The van der Waals surface area contributed by atoms with Crippen LogP contribution >= 0.6 is 0 Å². The fraction of sp³-hybridized carbons (Fsp3) is 0.500. The average molecular weight is 288 g/mol. The Bertz CT molecular complexity index is 526. The zero-order chi connectivity index (χ0) is 14.8. The number of rotatable bonds is 3. The smallest absolute Gasteiger partial charge is 0.248 e. The average Bonchev–Trinajstić information content (AvgIpc) is 2.98. The van der Waals surface area contributed by atoms with Crippen molar-refractivity contribution in [1.29, 1.82) is 0 Å². The number of carbonyl (C=O) groups excluding carboxylic acids is 2. The molecule has 3 rings (SSSR count). The minimum Gasteiger partial charge on any atom is -0.376 e. The monoisotopic (exact) mass is 288 g/mol. The highest BCUT2D eigenvalue weighted by Crippen LogP contribution is 2.27. The largest absolute Gasteiger partial charge is 0.376 e. The molecule has 0 saturated carbocycles. The molecule has 0 aromatic heterocycles. The van der Waals surface area contributed by atoms with Crippen LogP contribution in [0.15, 0.2) is 30.3 Å². The summed E-state index contributed by atoms with van der Waals surface area (Å²) in [5.74, 6) is -0.162. The number of hydrogen-bond donors (Lipinski definition) is 1. The highest BCUT2D eigenvalue weighted by Gasteiger charge is 2.40. The zero-order valence-electron chi connectivity index (χ0n) is 12.1. The maximum absolute atomic E-state index is 12.5. The molecular formula is C16H20N2O3. The summed E-state index contributed by atoms with van der Waals surface area (Å²) in [5, 5.41) is 2.76. The van der Waals surface area contributed by atoms with E-state index >= 15 is 0 Å². The number of benzene rings is 1. The first-order valence-corrected chi connectivity index (χ1v) is 7.44. The van der Waals surface area contributed by atoms with Gasteiger partial charge in [0, 0.05) is 13.2 Å². The SMILES string of the molecule is CC1NC(=O)C(c2ccccc2)N(CC2CCCO2)C1=O. The van der Waals surface area contributed by atoms with Crippen LogP contribution in [-0.4, -0.2) is 42.0 Å². The standard InChI is InChI=1S/C16H20N2O3/c1-11-16(20)18(10-13-8-5-9-21-13)14(15(19)17-11)12-6-3-2-4-7-12/h2-4,6-7,11,13-14H,5,8-10H2,1H3,(H,17,19). The van der Waals surface area contributed by atoms with Crippen molar-refractivity contribution in [2.45, 2.75) is 38.0 Å². The van der Waals surface area contributed by atoms with Gasteiger partial charge in [0.05, 0.1) is 6.10 Å². The summed E-state index contributed by atoms with van der Waals surface area (Å²) in [5.41, 5.74) is 0.841. The van der Waals surface area contributed by atoms with Gasteiger partial charge in [-0.15, -0.1) is 0 Å². The minimum atomic E-state index is -0.556. The summed E-state index contributed by atoms with van der Waals surface area (Å²) >= 11 is 0. The van der Waals surface area contributed by atoms with Crippen LogP contribution in [0, 0.1) is 0 Å². The molecule has 1 N–H and O–H groups in total. The fourth-order valence-corrected chi connectivity index (χ4v) is 3.04. The number of nitrogens with one attached hydrogen (secondary N) is 1. The van der Waals surface area contributed by atoms with E-state index in [2.05, 4.69) is 5.32 Å². The molecule has 5 nitrogen and oxygen atoms in total. The van der Waals surface area contributed by atoms with Crippen molar-refractivity contribution in [2.24, 2.45) is 0 Å². The second-order valence-electron chi connectivity index (χ2n) is 5.67. The van der Waals surface area contributed by atoms with Crippen molar-refractivity contribution in [2.75, 3.05) is 13.2 Å². The van der Waals surface area contributed by atoms with Crippen molar-refractivity contribution < 1.29 is 14.3 Å². The van der Waals surface area contributed by atoms with E-state index in [4.69, 9.17) is 4.74 Å². The van der Waals surface area contributed by atoms with E-state index < -0.39 is 12.1 Å². The Kier molecular flexibility index (Phi) is 3.92. The Balaban J connectivity index is 1.88. The van der Waals surface area contributed by atoms with Crippen LogP contribution in [0.1, 0.15) is 31.4 Å². The van der Waals surface area contributed by atoms with Gasteiger partial charge in [0.1, 0.15) is 12.1 Å². The molecule has 2 aliphatic rings. The molecule has 0 aliphatic carbocycles. The van der Waals surface area contributed by atoms with Gasteiger partial charge in [0.15, 0.2) is 0 Å². The summed E-state index contributed by atoms with van der Waals surface area (Å²) in [6, 6.07) is 8.41. The van der Waals surface area contributed by atoms with Gasteiger partial charge in [-0.2, -0.15) is 0 Å². The van der Waals surface area contributed by atoms with Crippen molar-refractivity contribution in [3.05, 3.63) is 35.9 Å². The van der Waals surface area contributed by atoms with Crippen molar-refractivity contribution in [1.82, 2.24) is 10.2 Å². The van der Waals surface area contributed by atoms with Crippen LogP contribution in [0.2, 0.25) is 0 Å². The normalized spacial score (nSPS) is 29.6. The van der Waals surface area contributed by atoms with E-state index in [1.54, 1.807) is 11.8 Å². The van der Waals surface area contributed by atoms with Crippen molar-refractivity contribution >= 4 is 11.8 Å². The Morgan fingerprint density at radius 2 is 2.05 bits per heavy atom. The Hall–Kier alpha value is -1.88. The lowest BCUT2D eigenvalue weighted by Gasteiger charge is -2.39. The molecule has 112 valence electrons. The van der Waals surface area contributed by atoms with Crippen molar-refractivity contribution in [3.8, 4) is 0 Å². The van der Waals surface area contributed by atoms with E-state index in [1.807, 2.05) is 30.3 Å². The number of hydrogen-bond acceptors (Lipinski definition) is 3. The van der Waals surface area contributed by atoms with E-state index in [9.17, 15) is 9.59 Å². The van der Waals surface area contributed by atoms with E-state index in [0.717, 1.165) is 25.0 Å². The number of nitrogens with zero attached hydrogens (tertiary/aromatic N) is 1. The van der Waals surface area contributed by atoms with Gasteiger partial charge < -0.3 is 15.0 Å². The number of amides is 2. The second-order valence-corrected chi connectivity index (χ2v) is 5.67. The predicted molar refractivity (Wildman–Crippen MR) is 77.5 cm³/mol. The van der Waals surface area contributed by atoms with Crippen LogP contribution in [0.3, 0.4) is 0 Å². The van der Waals surface area contributed by atoms with E-state index in [-0.39, 0.29) is 17.9 Å². The van der Waals surface area contributed by atoms with E-state index in [0.29, 0.717) is 6.54 Å². The van der Waals surface area contributed by atoms with Crippen LogP contribution in [0.25, 0.3) is 0 Å². The van der Waals surface area contributed by atoms with Crippen LogP contribution in [-0.2, 0) is 14.3 Å². The Morgan fingerprint density at radius 1 is 1.29 bits per heavy atom. The van der Waals surface area contributed by atoms with Gasteiger partial charge in [0.2, 0.25) is 11.8 Å². The molecule has 1 aromatic carbocycles. The third-order valence-corrected chi connectivity index (χ3v) is 4.11. The molecule has 5 heteroatoms. The van der Waals surface area contributed by atoms with Gasteiger partial charge in [-0.1, -0.05) is 30.3 Å². The molecule has 1 aromatic rings. The minimum absolute atomic E-state index is 0.0401. The van der Waals surface area contributed by atoms with Gasteiger partial charge in [-0.05, 0) is 25.3 Å². The third kappa shape index (κ3) is 2.78. The number of ether oxygens (including phenoxy) is 1. The number of piperazine rings is 1. The molecule has 0 bridgehead atoms. The highest BCUT2D eigenvalue weighted by molar-refractivity contribution is 5.97. The summed E-state index contributed by atoms with van der Waals surface area (Å²) in [6.45, 7) is 2.95. The molecule has 2 saturated heterocycles. The van der Waals surface area contributed by atoms with Gasteiger partial charge in [-0.3, -0.25) is 9.59 Å². The number of carbonyl (C=O) groups is 2. The molecule has 2 amide bonds. The maximum Gasteiger partial charge on any atom is 0.248 e. The summed E-state index contributed by atoms with van der Waals surface area (Å²) in [4.78, 5) is 26.6. The first kappa shape index (κ1) is 14.1. The molecule has 2 heterocycles. The Morgan fingerprint density at radius 3 is 2.71 bits per heavy atom. The second kappa shape index (κ2) is 5.85. The molecule has 3 unspecified atom stereocenters. The lowest BCUT2D eigenvalue weighted by Crippen LogP contribution is -2.59. The third-order valence-electron chi connectivity index (χ3n) is 4.11. The summed E-state index contributed by atoms with van der Waals surface area (Å²) < 4.78 is 5.63. The van der Waals surface area contributed by atoms with Gasteiger partial charge in [-0.25, -0.2) is 0 Å². The molecule has 0 radical (unpaired) electrons. The fourth-order valence-electron chi connectivity index (χ4n) is 3.04. The van der Waals surface area contributed by atoms with Gasteiger partial charge >= 0.3 is 0 Å². The molecule has 2 fully saturated rings. The lowest BCUT2D eigenvalue weighted by molar-refractivity contribution is -0.150. The molecule has 3 atom stereocenters. The van der Waals surface area contributed by atoms with Crippen LogP contribution < -0.4 is 5.32 Å². The maximum atomic E-state index is 12.5. The first-order chi connectivity index (χ1) is 10.2. The lowest BCUT2D eigenvalue weighted by atomic mass is 9.99. The quantitative estimate of drug-likeness (QED) is 0.911. The highest BCUT2D eigenvalue weighted by atomic mass is 16.5. The van der Waals surface area contributed by atoms with Crippen molar-refractivity contribution in [3.63, 3.8) is 0 Å². The van der Waals surface area contributed by atoms with Crippen LogP contribution in [0.4, 0.5) is 0 Å². The van der Waals surface area contributed by atoms with E-state index in [1.165, 1.54) is 0 Å². The molecule has 2 aliphatic heterocycles. The summed E-state index contributed by atoms with van der Waals surface area (Å²) in [7, 11) is 0. The Labute approximate surface area is 124 Å². The summed E-state index contributed by atoms with van der Waals surface area (Å²) in [6.07, 6.45) is 2.00. The molecular weight excluding hydrogens is 268 g/mol. The predicted octanol–water partition coefficient (Wildman–Crippen LogP) is 1.25. The van der Waals surface area contributed by atoms with Crippen LogP contribution in [0.5, 0.6) is 0 Å². The molecule has 0 spiro atoms. The zero-order valence-corrected chi connectivity index (χ0v) is 12.1. The first-order valence-electron chi connectivity index (χ1n) is 7.44.